The van der Waals surface area contributed by atoms with Gasteiger partial charge in [-0.25, -0.2) is 19.9 Å². The fraction of sp³-hybridized carbons (Fsp3) is 0.0213. The van der Waals surface area contributed by atoms with Crippen LogP contribution < -0.4 is 0 Å². The fourth-order valence-electron chi connectivity index (χ4n) is 7.01. The number of hydrogen-bond donors (Lipinski definition) is 0. The number of nitrogens with zero attached hydrogens (tertiary/aromatic N) is 4. The van der Waals surface area contributed by atoms with Gasteiger partial charge in [-0.05, 0) is 29.3 Å². The van der Waals surface area contributed by atoms with Gasteiger partial charge in [0.05, 0.1) is 5.69 Å². The summed E-state index contributed by atoms with van der Waals surface area (Å²) >= 11 is 0. The smallest absolute Gasteiger partial charge is 0.221 e. The van der Waals surface area contributed by atoms with Crippen molar-refractivity contribution in [3.05, 3.63) is 181 Å². The molecule has 10 rings (SSSR count). The number of aromatic nitrogens is 3. The molecule has 3 heterocycles. The van der Waals surface area contributed by atoms with Crippen LogP contribution >= 0.6 is 0 Å². The normalized spacial score (nSPS) is 12.3. The van der Waals surface area contributed by atoms with E-state index in [2.05, 4.69) is 72.8 Å². The molecule has 7 aromatic carbocycles. The van der Waals surface area contributed by atoms with Crippen molar-refractivity contribution < 1.29 is 9.15 Å². The molecular weight excluding hydrogens is 653 g/mol. The van der Waals surface area contributed by atoms with Crippen LogP contribution in [0, 0.1) is 0 Å². The summed E-state index contributed by atoms with van der Waals surface area (Å²) in [4.78, 5) is 19.7. The minimum atomic E-state index is 0.405. The molecule has 0 atom stereocenters. The second kappa shape index (κ2) is 12.9. The molecule has 0 bridgehead atoms. The van der Waals surface area contributed by atoms with Crippen molar-refractivity contribution in [2.24, 2.45) is 4.99 Å². The maximum atomic E-state index is 6.71. The Morgan fingerprint density at radius 3 is 1.53 bits per heavy atom. The first-order valence-corrected chi connectivity index (χ1v) is 17.6. The first-order valence-electron chi connectivity index (χ1n) is 17.6. The molecule has 53 heavy (non-hydrogen) atoms. The molecule has 2 aromatic heterocycles. The summed E-state index contributed by atoms with van der Waals surface area (Å²) in [5.41, 5.74) is 11.4. The van der Waals surface area contributed by atoms with Gasteiger partial charge in [0.2, 0.25) is 5.90 Å². The van der Waals surface area contributed by atoms with E-state index < -0.39 is 0 Å². The minimum Gasteiger partial charge on any atom is -0.472 e. The molecule has 0 fully saturated rings. The predicted octanol–water partition coefficient (Wildman–Crippen LogP) is 11.7. The van der Waals surface area contributed by atoms with Crippen LogP contribution in [0.1, 0.15) is 11.1 Å². The highest BCUT2D eigenvalue weighted by atomic mass is 16.5. The van der Waals surface area contributed by atoms with Crippen molar-refractivity contribution in [1.29, 1.82) is 0 Å². The molecule has 1 aliphatic heterocycles. The van der Waals surface area contributed by atoms with Crippen molar-refractivity contribution >= 4 is 33.5 Å². The summed E-state index contributed by atoms with van der Waals surface area (Å²) in [7, 11) is 0. The van der Waals surface area contributed by atoms with Gasteiger partial charge in [-0.3, -0.25) is 0 Å². The fourth-order valence-corrected chi connectivity index (χ4v) is 7.01. The van der Waals surface area contributed by atoms with Crippen LogP contribution in [-0.4, -0.2) is 20.8 Å². The molecule has 0 N–H and O–H groups in total. The first kappa shape index (κ1) is 30.6. The maximum Gasteiger partial charge on any atom is 0.221 e. The number of furan rings is 1. The van der Waals surface area contributed by atoms with E-state index in [-0.39, 0.29) is 0 Å². The average Bonchev–Trinajstić information content (AvgIpc) is 3.63. The van der Waals surface area contributed by atoms with Crippen LogP contribution in [0.4, 0.5) is 5.69 Å². The zero-order chi connectivity index (χ0) is 35.1. The third kappa shape index (κ3) is 5.63. The molecule has 1 aliphatic rings. The number of hydrogen-bond acceptors (Lipinski definition) is 6. The Kier molecular flexibility index (Phi) is 7.43. The number of benzene rings is 7. The topological polar surface area (TPSA) is 73.4 Å². The largest absolute Gasteiger partial charge is 0.472 e. The van der Waals surface area contributed by atoms with E-state index in [9.17, 15) is 0 Å². The van der Waals surface area contributed by atoms with E-state index in [0.29, 0.717) is 30.0 Å². The van der Waals surface area contributed by atoms with Gasteiger partial charge in [-0.2, -0.15) is 0 Å². The number of ether oxygens (including phenoxy) is 1. The second-order valence-electron chi connectivity index (χ2n) is 13.0. The number of para-hydroxylation sites is 2. The minimum absolute atomic E-state index is 0.405. The molecule has 0 radical (unpaired) electrons. The van der Waals surface area contributed by atoms with Gasteiger partial charge in [0.1, 0.15) is 17.8 Å². The van der Waals surface area contributed by atoms with E-state index in [0.717, 1.165) is 77.7 Å². The van der Waals surface area contributed by atoms with Gasteiger partial charge in [-0.15, -0.1) is 0 Å². The van der Waals surface area contributed by atoms with Gasteiger partial charge in [0.15, 0.2) is 17.5 Å². The molecule has 0 spiro atoms. The van der Waals surface area contributed by atoms with Crippen molar-refractivity contribution in [3.63, 3.8) is 0 Å². The Bertz CT molecular complexity index is 2770. The van der Waals surface area contributed by atoms with E-state index in [4.69, 9.17) is 29.1 Å². The summed E-state index contributed by atoms with van der Waals surface area (Å²) in [6.45, 7) is 0.405. The van der Waals surface area contributed by atoms with Gasteiger partial charge in [0.25, 0.3) is 0 Å². The summed E-state index contributed by atoms with van der Waals surface area (Å²) in [6.07, 6.45) is 0. The standard InChI is InChI=1S/C47H30N4O2/c1-4-13-30(14-5-1)37-21-11-23-39-40-24-12-22-38(43(40)53-42(37)39)33-19-10-20-35(27-33)47-48-41-28-34(25-26-36(41)29-52-47)46-50-44(31-15-6-2-7-16-31)49-45(51-46)32-17-8-3-9-18-32/h1-28H,29H2. The summed E-state index contributed by atoms with van der Waals surface area (Å²) in [6, 6.07) is 57.5. The van der Waals surface area contributed by atoms with Gasteiger partial charge in [0, 0.05) is 49.7 Å². The second-order valence-corrected chi connectivity index (χ2v) is 13.0. The third-order valence-electron chi connectivity index (χ3n) is 9.66. The quantitative estimate of drug-likeness (QED) is 0.174. The monoisotopic (exact) mass is 682 g/mol. The zero-order valence-electron chi connectivity index (χ0n) is 28.5. The Morgan fingerprint density at radius 2 is 0.906 bits per heavy atom. The highest BCUT2D eigenvalue weighted by molar-refractivity contribution is 6.13. The lowest BCUT2D eigenvalue weighted by atomic mass is 9.99. The van der Waals surface area contributed by atoms with Crippen LogP contribution in [0.25, 0.3) is 78.4 Å². The lowest BCUT2D eigenvalue weighted by Gasteiger charge is -2.18. The molecule has 9 aromatic rings. The van der Waals surface area contributed by atoms with Crippen molar-refractivity contribution in [2.45, 2.75) is 6.61 Å². The third-order valence-corrected chi connectivity index (χ3v) is 9.66. The Morgan fingerprint density at radius 1 is 0.396 bits per heavy atom. The van der Waals surface area contributed by atoms with Crippen molar-refractivity contribution in [1.82, 2.24) is 15.0 Å². The number of fused-ring (bicyclic) bond motifs is 4. The van der Waals surface area contributed by atoms with Crippen molar-refractivity contribution in [2.75, 3.05) is 0 Å². The van der Waals surface area contributed by atoms with E-state index in [1.807, 2.05) is 97.1 Å². The molecule has 0 unspecified atom stereocenters. The molecule has 6 heteroatoms. The number of aliphatic imine (C=N–C) groups is 1. The molecule has 0 saturated heterocycles. The van der Waals surface area contributed by atoms with Crippen LogP contribution in [0.5, 0.6) is 0 Å². The van der Waals surface area contributed by atoms with Crippen LogP contribution in [-0.2, 0) is 11.3 Å². The number of rotatable bonds is 6. The molecule has 6 nitrogen and oxygen atoms in total. The molecule has 0 amide bonds. The molecule has 0 saturated carbocycles. The maximum absolute atomic E-state index is 6.71. The van der Waals surface area contributed by atoms with Gasteiger partial charge in [-0.1, -0.05) is 152 Å². The zero-order valence-corrected chi connectivity index (χ0v) is 28.5. The summed E-state index contributed by atoms with van der Waals surface area (Å²) in [5.74, 6) is 2.38. The summed E-state index contributed by atoms with van der Waals surface area (Å²) in [5, 5.41) is 2.18. The average molecular weight is 683 g/mol. The highest BCUT2D eigenvalue weighted by Gasteiger charge is 2.20. The van der Waals surface area contributed by atoms with Crippen molar-refractivity contribution in [3.8, 4) is 56.4 Å². The van der Waals surface area contributed by atoms with Crippen LogP contribution in [0.2, 0.25) is 0 Å². The summed E-state index contributed by atoms with van der Waals surface area (Å²) < 4.78 is 13.0. The SMILES string of the molecule is c1ccc(-c2nc(-c3ccccc3)nc(-c3ccc4c(c3)N=C(c3cccc(-c5cccc6c5oc5c(-c7ccccc7)cccc56)c3)OC4)n2)cc1. The Labute approximate surface area is 305 Å². The first-order chi connectivity index (χ1) is 26.2. The molecule has 0 aliphatic carbocycles. The highest BCUT2D eigenvalue weighted by Crippen LogP contribution is 2.40. The van der Waals surface area contributed by atoms with E-state index >= 15 is 0 Å². The lowest BCUT2D eigenvalue weighted by molar-refractivity contribution is 0.288. The van der Waals surface area contributed by atoms with Crippen LogP contribution in [0.3, 0.4) is 0 Å². The van der Waals surface area contributed by atoms with Crippen LogP contribution in [0.15, 0.2) is 179 Å². The molecule has 250 valence electrons. The Hall–Kier alpha value is -7.18. The lowest BCUT2D eigenvalue weighted by Crippen LogP contribution is -2.11. The molecular formula is C47H30N4O2. The van der Waals surface area contributed by atoms with Gasteiger partial charge >= 0.3 is 0 Å². The predicted molar refractivity (Wildman–Crippen MR) is 212 cm³/mol. The Balaban J connectivity index is 1.03. The van der Waals surface area contributed by atoms with Gasteiger partial charge < -0.3 is 9.15 Å². The van der Waals surface area contributed by atoms with E-state index in [1.165, 1.54) is 0 Å². The van der Waals surface area contributed by atoms with E-state index in [1.54, 1.807) is 0 Å².